The molecule has 2 aromatic rings. The van der Waals surface area contributed by atoms with Gasteiger partial charge in [-0.15, -0.1) is 0 Å². The lowest BCUT2D eigenvalue weighted by Crippen LogP contribution is -2.04. The van der Waals surface area contributed by atoms with Crippen molar-refractivity contribution >= 4 is 27.5 Å². The van der Waals surface area contributed by atoms with Crippen molar-refractivity contribution < 1.29 is 13.9 Å². The third kappa shape index (κ3) is 3.53. The fourth-order valence-corrected chi connectivity index (χ4v) is 2.40. The summed E-state index contributed by atoms with van der Waals surface area (Å²) in [5, 5.41) is 10.5. The number of aliphatic hydroxyl groups is 1. The highest BCUT2D eigenvalue weighted by Crippen LogP contribution is 2.29. The largest absolute Gasteiger partial charge is 0.388 e. The Morgan fingerprint density at radius 2 is 1.89 bits per heavy atom. The van der Waals surface area contributed by atoms with Crippen LogP contribution in [0.4, 0.5) is 8.78 Å². The number of halogens is 4. The van der Waals surface area contributed by atoms with E-state index in [0.29, 0.717) is 10.6 Å². The minimum absolute atomic E-state index is 0.0300. The van der Waals surface area contributed by atoms with Crippen molar-refractivity contribution in [2.24, 2.45) is 0 Å². The molecule has 1 atom stereocenters. The number of hydrogen-bond donors (Lipinski definition) is 1. The van der Waals surface area contributed by atoms with E-state index in [0.717, 1.165) is 16.6 Å². The minimum atomic E-state index is -0.954. The van der Waals surface area contributed by atoms with Crippen molar-refractivity contribution in [3.63, 3.8) is 0 Å². The Bertz CT molecular complexity index is 604. The highest BCUT2D eigenvalue weighted by atomic mass is 79.9. The van der Waals surface area contributed by atoms with Crippen LogP contribution in [-0.4, -0.2) is 5.11 Å². The smallest absolute Gasteiger partial charge is 0.129 e. The third-order valence-corrected chi connectivity index (χ3v) is 3.58. The topological polar surface area (TPSA) is 20.2 Å². The Morgan fingerprint density at radius 1 is 1.16 bits per heavy atom. The molecule has 0 aliphatic heterocycles. The zero-order valence-corrected chi connectivity index (χ0v) is 12.0. The summed E-state index contributed by atoms with van der Waals surface area (Å²) in [6.07, 6.45) is -0.924. The second-order valence-electron chi connectivity index (χ2n) is 4.12. The third-order valence-electron chi connectivity index (χ3n) is 2.75. The van der Waals surface area contributed by atoms with E-state index in [9.17, 15) is 13.9 Å². The number of benzene rings is 2. The molecule has 1 nitrogen and oxygen atoms in total. The lowest BCUT2D eigenvalue weighted by molar-refractivity contribution is 0.177. The Hall–Kier alpha value is -0.970. The number of hydrogen-bond acceptors (Lipinski definition) is 1. The Balaban J connectivity index is 2.25. The molecule has 0 radical (unpaired) electrons. The molecule has 1 unspecified atom stereocenters. The van der Waals surface area contributed by atoms with Crippen LogP contribution in [0.15, 0.2) is 40.9 Å². The summed E-state index contributed by atoms with van der Waals surface area (Å²) in [6.45, 7) is 0. The summed E-state index contributed by atoms with van der Waals surface area (Å²) in [6, 6.07) is 8.34. The van der Waals surface area contributed by atoms with Crippen LogP contribution < -0.4 is 0 Å². The van der Waals surface area contributed by atoms with E-state index in [1.54, 1.807) is 18.2 Å². The van der Waals surface area contributed by atoms with Gasteiger partial charge in [0.15, 0.2) is 0 Å². The van der Waals surface area contributed by atoms with E-state index in [2.05, 4.69) is 15.9 Å². The van der Waals surface area contributed by atoms with Crippen LogP contribution >= 0.6 is 27.5 Å². The van der Waals surface area contributed by atoms with Crippen LogP contribution in [0.2, 0.25) is 5.02 Å². The lowest BCUT2D eigenvalue weighted by Gasteiger charge is -2.14. The molecule has 100 valence electrons. The summed E-state index contributed by atoms with van der Waals surface area (Å²) in [4.78, 5) is 0. The van der Waals surface area contributed by atoms with Crippen molar-refractivity contribution in [2.45, 2.75) is 12.5 Å². The van der Waals surface area contributed by atoms with Crippen LogP contribution in [0.1, 0.15) is 17.2 Å². The van der Waals surface area contributed by atoms with E-state index >= 15 is 0 Å². The van der Waals surface area contributed by atoms with Crippen molar-refractivity contribution in [1.82, 2.24) is 0 Å². The van der Waals surface area contributed by atoms with E-state index in [4.69, 9.17) is 11.6 Å². The zero-order chi connectivity index (χ0) is 14.0. The van der Waals surface area contributed by atoms with Crippen molar-refractivity contribution in [2.75, 3.05) is 0 Å². The van der Waals surface area contributed by atoms with Crippen LogP contribution in [-0.2, 0) is 6.42 Å². The molecule has 0 amide bonds. The van der Waals surface area contributed by atoms with E-state index in [1.807, 2.05) is 0 Å². The van der Waals surface area contributed by atoms with Gasteiger partial charge in [0, 0.05) is 27.5 Å². The summed E-state index contributed by atoms with van der Waals surface area (Å²) in [5.41, 5.74) is 0.740. The lowest BCUT2D eigenvalue weighted by atomic mass is 10.0. The molecule has 0 aromatic heterocycles. The van der Waals surface area contributed by atoms with Gasteiger partial charge >= 0.3 is 0 Å². The second-order valence-corrected chi connectivity index (χ2v) is 5.44. The molecular formula is C14H10BrClF2O. The second kappa shape index (κ2) is 5.99. The molecule has 19 heavy (non-hydrogen) atoms. The molecule has 2 rings (SSSR count). The molecule has 2 aromatic carbocycles. The number of aliphatic hydroxyl groups excluding tert-OH is 1. The molecule has 0 saturated carbocycles. The van der Waals surface area contributed by atoms with E-state index in [1.165, 1.54) is 6.07 Å². The standard InChI is InChI=1S/C14H10BrClF2O/c15-9-2-4-12(16)11(6-9)14(19)5-8-1-3-10(17)7-13(8)18/h1-4,6-7,14,19H,5H2. The maximum absolute atomic E-state index is 13.5. The summed E-state index contributed by atoms with van der Waals surface area (Å²) in [7, 11) is 0. The first-order chi connectivity index (χ1) is 8.97. The van der Waals surface area contributed by atoms with Gasteiger partial charge in [0.25, 0.3) is 0 Å². The van der Waals surface area contributed by atoms with Crippen LogP contribution in [0.25, 0.3) is 0 Å². The van der Waals surface area contributed by atoms with Gasteiger partial charge in [-0.25, -0.2) is 8.78 Å². The Kier molecular flexibility index (Phi) is 4.55. The first-order valence-electron chi connectivity index (χ1n) is 5.54. The predicted molar refractivity (Wildman–Crippen MR) is 74.2 cm³/mol. The van der Waals surface area contributed by atoms with Crippen LogP contribution in [0.5, 0.6) is 0 Å². The summed E-state index contributed by atoms with van der Waals surface area (Å²) in [5.74, 6) is -1.32. The molecule has 5 heteroatoms. The zero-order valence-electron chi connectivity index (χ0n) is 9.71. The van der Waals surface area contributed by atoms with E-state index < -0.39 is 17.7 Å². The van der Waals surface area contributed by atoms with Gasteiger partial charge in [0.1, 0.15) is 11.6 Å². The molecular weight excluding hydrogens is 338 g/mol. The summed E-state index contributed by atoms with van der Waals surface area (Å²) >= 11 is 9.27. The average molecular weight is 348 g/mol. The highest BCUT2D eigenvalue weighted by molar-refractivity contribution is 9.10. The average Bonchev–Trinajstić information content (AvgIpc) is 2.35. The normalized spacial score (nSPS) is 12.5. The Labute approximate surface area is 123 Å². The molecule has 0 heterocycles. The maximum atomic E-state index is 13.5. The molecule has 0 spiro atoms. The van der Waals surface area contributed by atoms with Crippen LogP contribution in [0, 0.1) is 11.6 Å². The van der Waals surface area contributed by atoms with Gasteiger partial charge in [-0.1, -0.05) is 33.6 Å². The van der Waals surface area contributed by atoms with Crippen molar-refractivity contribution in [3.05, 3.63) is 68.7 Å². The van der Waals surface area contributed by atoms with Crippen molar-refractivity contribution in [3.8, 4) is 0 Å². The minimum Gasteiger partial charge on any atom is -0.388 e. The van der Waals surface area contributed by atoms with Gasteiger partial charge < -0.3 is 5.11 Å². The van der Waals surface area contributed by atoms with Gasteiger partial charge in [0.2, 0.25) is 0 Å². The number of rotatable bonds is 3. The SMILES string of the molecule is OC(Cc1ccc(F)cc1F)c1cc(Br)ccc1Cl. The quantitative estimate of drug-likeness (QED) is 0.856. The van der Waals surface area contributed by atoms with E-state index in [-0.39, 0.29) is 12.0 Å². The molecule has 0 aliphatic carbocycles. The van der Waals surface area contributed by atoms with Gasteiger partial charge in [-0.2, -0.15) is 0 Å². The van der Waals surface area contributed by atoms with Gasteiger partial charge in [-0.3, -0.25) is 0 Å². The Morgan fingerprint density at radius 3 is 2.58 bits per heavy atom. The maximum Gasteiger partial charge on any atom is 0.129 e. The fourth-order valence-electron chi connectivity index (χ4n) is 1.78. The highest BCUT2D eigenvalue weighted by Gasteiger charge is 2.15. The molecule has 0 saturated heterocycles. The monoisotopic (exact) mass is 346 g/mol. The van der Waals surface area contributed by atoms with Crippen LogP contribution in [0.3, 0.4) is 0 Å². The molecule has 0 bridgehead atoms. The molecule has 0 aliphatic rings. The molecule has 0 fully saturated rings. The van der Waals surface area contributed by atoms with Crippen molar-refractivity contribution in [1.29, 1.82) is 0 Å². The molecule has 1 N–H and O–H groups in total. The fraction of sp³-hybridized carbons (Fsp3) is 0.143. The first kappa shape index (κ1) is 14.4. The predicted octanol–water partition coefficient (Wildman–Crippen LogP) is 4.66. The first-order valence-corrected chi connectivity index (χ1v) is 6.71. The van der Waals surface area contributed by atoms with Gasteiger partial charge in [0.05, 0.1) is 6.10 Å². The summed E-state index contributed by atoms with van der Waals surface area (Å²) < 4.78 is 27.1. The van der Waals surface area contributed by atoms with Gasteiger partial charge in [-0.05, 0) is 29.8 Å².